The van der Waals surface area contributed by atoms with Crippen LogP contribution in [0.3, 0.4) is 0 Å². The van der Waals surface area contributed by atoms with E-state index in [2.05, 4.69) is 38.9 Å². The fourth-order valence-electron chi connectivity index (χ4n) is 4.83. The molecule has 5 rings (SSSR count). The minimum absolute atomic E-state index is 0.0482. The number of fused-ring (bicyclic) bond motifs is 1. The van der Waals surface area contributed by atoms with Crippen LogP contribution in [0.5, 0.6) is 0 Å². The van der Waals surface area contributed by atoms with Crippen molar-refractivity contribution in [2.24, 2.45) is 18.9 Å². The number of hydrogen-bond donors (Lipinski definition) is 2. The molecule has 1 aromatic carbocycles. The Morgan fingerprint density at radius 2 is 2.00 bits per heavy atom. The number of ether oxygens (including phenoxy) is 1. The second kappa shape index (κ2) is 8.77. The van der Waals surface area contributed by atoms with E-state index >= 15 is 0 Å². The monoisotopic (exact) mass is 419 g/mol. The summed E-state index contributed by atoms with van der Waals surface area (Å²) in [5.74, 6) is 1.30. The van der Waals surface area contributed by atoms with E-state index < -0.39 is 0 Å². The van der Waals surface area contributed by atoms with Gasteiger partial charge in [-0.05, 0) is 54.7 Å². The molecule has 3 heterocycles. The number of aryl methyl sites for hydroxylation is 1. The van der Waals surface area contributed by atoms with E-state index in [-0.39, 0.29) is 11.8 Å². The van der Waals surface area contributed by atoms with Crippen LogP contribution in [0.15, 0.2) is 42.9 Å². The van der Waals surface area contributed by atoms with Crippen LogP contribution >= 0.6 is 0 Å². The number of carbonyl (C=O) groups excluding carboxylic acids is 1. The number of carbonyl (C=O) groups is 1. The van der Waals surface area contributed by atoms with Gasteiger partial charge in [0.1, 0.15) is 5.82 Å². The van der Waals surface area contributed by atoms with Gasteiger partial charge in [-0.2, -0.15) is 5.10 Å². The zero-order valence-corrected chi connectivity index (χ0v) is 17.9. The molecule has 2 N–H and O–H groups in total. The van der Waals surface area contributed by atoms with Crippen molar-refractivity contribution in [3.8, 4) is 11.1 Å². The average molecular weight is 420 g/mol. The molecule has 162 valence electrons. The van der Waals surface area contributed by atoms with Crippen molar-refractivity contribution >= 4 is 22.5 Å². The van der Waals surface area contributed by atoms with Gasteiger partial charge in [0, 0.05) is 49.4 Å². The summed E-state index contributed by atoms with van der Waals surface area (Å²) in [5, 5.41) is 12.8. The molecule has 1 amide bonds. The fraction of sp³-hybridized carbons (Fsp3) is 0.458. The van der Waals surface area contributed by atoms with Gasteiger partial charge in [0.2, 0.25) is 5.91 Å². The molecule has 2 aromatic heterocycles. The number of rotatable bonds is 4. The van der Waals surface area contributed by atoms with Crippen LogP contribution < -0.4 is 10.6 Å². The van der Waals surface area contributed by atoms with Crippen LogP contribution in [0.25, 0.3) is 21.9 Å². The molecule has 1 unspecified atom stereocenters. The highest BCUT2D eigenvalue weighted by Gasteiger charge is 2.32. The zero-order chi connectivity index (χ0) is 21.2. The maximum Gasteiger partial charge on any atom is 0.228 e. The normalized spacial score (nSPS) is 24.2. The summed E-state index contributed by atoms with van der Waals surface area (Å²) in [7, 11) is 1.91. The van der Waals surface area contributed by atoms with Crippen LogP contribution in [0.2, 0.25) is 0 Å². The Bertz CT molecular complexity index is 1060. The first-order valence-corrected chi connectivity index (χ1v) is 11.2. The van der Waals surface area contributed by atoms with Crippen molar-refractivity contribution in [3.05, 3.63) is 42.9 Å². The van der Waals surface area contributed by atoms with Crippen LogP contribution in [-0.4, -0.2) is 46.5 Å². The van der Waals surface area contributed by atoms with Crippen LogP contribution in [0, 0.1) is 11.8 Å². The van der Waals surface area contributed by atoms with E-state index in [4.69, 9.17) is 4.74 Å². The Balaban J connectivity index is 1.24. The Morgan fingerprint density at radius 3 is 2.74 bits per heavy atom. The topological polar surface area (TPSA) is 81.1 Å². The minimum atomic E-state index is 0.0482. The summed E-state index contributed by atoms with van der Waals surface area (Å²) < 4.78 is 7.71. The second-order valence-electron chi connectivity index (χ2n) is 8.75. The lowest BCUT2D eigenvalue weighted by Crippen LogP contribution is -2.44. The van der Waals surface area contributed by atoms with Crippen molar-refractivity contribution in [1.82, 2.24) is 20.1 Å². The van der Waals surface area contributed by atoms with E-state index in [1.54, 1.807) is 4.68 Å². The Hall–Kier alpha value is -2.77. The molecule has 31 heavy (non-hydrogen) atoms. The van der Waals surface area contributed by atoms with E-state index in [1.807, 2.05) is 31.7 Å². The zero-order valence-electron chi connectivity index (χ0n) is 17.9. The predicted octanol–water partition coefficient (Wildman–Crippen LogP) is 3.37. The average Bonchev–Trinajstić information content (AvgIpc) is 3.25. The van der Waals surface area contributed by atoms with Gasteiger partial charge < -0.3 is 15.4 Å². The third-order valence-corrected chi connectivity index (χ3v) is 6.64. The summed E-state index contributed by atoms with van der Waals surface area (Å²) in [6.07, 6.45) is 9.89. The molecule has 0 radical (unpaired) electrons. The van der Waals surface area contributed by atoms with Gasteiger partial charge in [0.15, 0.2) is 0 Å². The smallest absolute Gasteiger partial charge is 0.228 e. The number of nitrogens with one attached hydrogen (secondary N) is 2. The number of pyridine rings is 1. The van der Waals surface area contributed by atoms with Gasteiger partial charge in [-0.3, -0.25) is 9.48 Å². The van der Waals surface area contributed by atoms with Gasteiger partial charge in [-0.1, -0.05) is 12.1 Å². The largest absolute Gasteiger partial charge is 0.375 e. The van der Waals surface area contributed by atoms with Gasteiger partial charge in [0.05, 0.1) is 18.9 Å². The number of benzene rings is 1. The van der Waals surface area contributed by atoms with Gasteiger partial charge in [-0.15, -0.1) is 0 Å². The molecule has 1 saturated carbocycles. The summed E-state index contributed by atoms with van der Waals surface area (Å²) in [5.41, 5.74) is 2.17. The van der Waals surface area contributed by atoms with E-state index in [0.29, 0.717) is 17.8 Å². The molecule has 7 heteroatoms. The Morgan fingerprint density at radius 1 is 1.13 bits per heavy atom. The van der Waals surface area contributed by atoms with E-state index in [1.165, 1.54) is 0 Å². The van der Waals surface area contributed by atoms with Crippen molar-refractivity contribution in [3.63, 3.8) is 0 Å². The van der Waals surface area contributed by atoms with E-state index in [9.17, 15) is 4.79 Å². The first-order valence-electron chi connectivity index (χ1n) is 11.2. The highest BCUT2D eigenvalue weighted by atomic mass is 16.5. The molecule has 1 atom stereocenters. The summed E-state index contributed by atoms with van der Waals surface area (Å²) in [4.78, 5) is 17.3. The molecule has 3 aromatic rings. The van der Waals surface area contributed by atoms with Crippen molar-refractivity contribution in [1.29, 1.82) is 0 Å². The molecule has 7 nitrogen and oxygen atoms in total. The molecule has 1 aliphatic carbocycles. The number of hydrogen-bond acceptors (Lipinski definition) is 5. The number of nitrogens with zero attached hydrogens (tertiary/aromatic N) is 3. The third kappa shape index (κ3) is 4.48. The van der Waals surface area contributed by atoms with Crippen molar-refractivity contribution in [2.45, 2.75) is 31.8 Å². The molecule has 2 fully saturated rings. The maximum atomic E-state index is 12.9. The SMILES string of the molecule is Cn1cc(-c2ccc3cnc(NC(=O)[C@H]4CC[C@@H](C5CNCCO5)CC4)cc3c2)cn1. The first kappa shape index (κ1) is 20.2. The Kier molecular flexibility index (Phi) is 5.70. The van der Waals surface area contributed by atoms with Gasteiger partial charge in [0.25, 0.3) is 0 Å². The highest BCUT2D eigenvalue weighted by Crippen LogP contribution is 2.33. The summed E-state index contributed by atoms with van der Waals surface area (Å²) in [6, 6.07) is 8.20. The quantitative estimate of drug-likeness (QED) is 0.678. The molecule has 1 aliphatic heterocycles. The molecule has 0 spiro atoms. The predicted molar refractivity (Wildman–Crippen MR) is 121 cm³/mol. The number of anilines is 1. The standard InChI is InChI=1S/C24H29N5O2/c1-29-15-21(13-27-29)18-6-7-19-12-26-23(11-20(19)10-18)28-24(30)17-4-2-16(3-5-17)22-14-25-8-9-31-22/h6-7,10-13,15-17,22,25H,2-5,8-9,14H2,1H3,(H,26,28,30)/t16-,17+,22?. The fourth-order valence-corrected chi connectivity index (χ4v) is 4.83. The molecule has 0 bridgehead atoms. The maximum absolute atomic E-state index is 12.9. The minimum Gasteiger partial charge on any atom is -0.375 e. The lowest BCUT2D eigenvalue weighted by molar-refractivity contribution is -0.121. The molecular formula is C24H29N5O2. The first-order chi connectivity index (χ1) is 15.2. The van der Waals surface area contributed by atoms with Gasteiger partial charge >= 0.3 is 0 Å². The van der Waals surface area contributed by atoms with E-state index in [0.717, 1.165) is 67.3 Å². The molecule has 2 aliphatic rings. The van der Waals surface area contributed by atoms with Crippen LogP contribution in [-0.2, 0) is 16.6 Å². The number of aromatic nitrogens is 3. The summed E-state index contributed by atoms with van der Waals surface area (Å²) in [6.45, 7) is 2.67. The van der Waals surface area contributed by atoms with Gasteiger partial charge in [-0.25, -0.2) is 4.98 Å². The van der Waals surface area contributed by atoms with Crippen LogP contribution in [0.1, 0.15) is 25.7 Å². The molecule has 1 saturated heterocycles. The third-order valence-electron chi connectivity index (χ3n) is 6.64. The van der Waals surface area contributed by atoms with Crippen molar-refractivity contribution in [2.75, 3.05) is 25.0 Å². The van der Waals surface area contributed by atoms with Crippen LogP contribution in [0.4, 0.5) is 5.82 Å². The number of amides is 1. The lowest BCUT2D eigenvalue weighted by atomic mass is 9.78. The van der Waals surface area contributed by atoms with Crippen molar-refractivity contribution < 1.29 is 9.53 Å². The lowest BCUT2D eigenvalue weighted by Gasteiger charge is -2.35. The highest BCUT2D eigenvalue weighted by molar-refractivity contribution is 5.95. The second-order valence-corrected chi connectivity index (χ2v) is 8.75. The molecular weight excluding hydrogens is 390 g/mol. The number of morpholine rings is 1. The summed E-state index contributed by atoms with van der Waals surface area (Å²) >= 11 is 0. The Labute approximate surface area is 182 Å².